The Kier molecular flexibility index (Phi) is 4.25. The van der Waals surface area contributed by atoms with E-state index >= 15 is 0 Å². The zero-order chi connectivity index (χ0) is 12.8. The molecule has 4 heteroatoms. The molecule has 2 rings (SSSR count). The van der Waals surface area contributed by atoms with Gasteiger partial charge in [-0.25, -0.2) is 4.39 Å². The Morgan fingerprint density at radius 1 is 1.11 bits per heavy atom. The third-order valence-electron chi connectivity index (χ3n) is 2.70. The summed E-state index contributed by atoms with van der Waals surface area (Å²) in [5.41, 5.74) is 7.03. The Bertz CT molecular complexity index is 487. The molecule has 0 aliphatic carbocycles. The van der Waals surface area contributed by atoms with E-state index in [9.17, 15) is 4.39 Å². The van der Waals surface area contributed by atoms with Gasteiger partial charge in [-0.15, -0.1) is 0 Å². The fourth-order valence-corrected chi connectivity index (χ4v) is 1.83. The van der Waals surface area contributed by atoms with Gasteiger partial charge in [0, 0.05) is 24.6 Å². The largest absolute Gasteiger partial charge is 0.339 e. The van der Waals surface area contributed by atoms with Crippen LogP contribution in [0, 0.1) is 5.82 Å². The Labute approximate surface area is 106 Å². The second-order valence-electron chi connectivity index (χ2n) is 3.95. The molecule has 0 amide bonds. The van der Waals surface area contributed by atoms with E-state index in [4.69, 9.17) is 5.73 Å². The predicted octanol–water partition coefficient (Wildman–Crippen LogP) is 2.71. The molecule has 0 radical (unpaired) electrons. The van der Waals surface area contributed by atoms with Crippen molar-refractivity contribution in [3.63, 3.8) is 0 Å². The van der Waals surface area contributed by atoms with Crippen molar-refractivity contribution in [2.45, 2.75) is 6.42 Å². The van der Waals surface area contributed by atoms with Gasteiger partial charge in [0.05, 0.1) is 5.69 Å². The van der Waals surface area contributed by atoms with E-state index in [1.165, 1.54) is 6.07 Å². The van der Waals surface area contributed by atoms with E-state index in [2.05, 4.69) is 4.98 Å². The fraction of sp³-hybridized carbons (Fsp3) is 0.214. The van der Waals surface area contributed by atoms with Crippen molar-refractivity contribution >= 4 is 11.4 Å². The van der Waals surface area contributed by atoms with Crippen LogP contribution in [-0.4, -0.2) is 18.1 Å². The summed E-state index contributed by atoms with van der Waals surface area (Å²) < 4.78 is 13.9. The van der Waals surface area contributed by atoms with Crippen LogP contribution >= 0.6 is 0 Å². The number of hydrogen-bond donors (Lipinski definition) is 1. The maximum atomic E-state index is 13.9. The van der Waals surface area contributed by atoms with Gasteiger partial charge in [-0.2, -0.15) is 0 Å². The van der Waals surface area contributed by atoms with Crippen molar-refractivity contribution in [2.24, 2.45) is 5.73 Å². The molecule has 94 valence electrons. The summed E-state index contributed by atoms with van der Waals surface area (Å²) in [6.07, 6.45) is 4.20. The monoisotopic (exact) mass is 245 g/mol. The molecule has 3 nitrogen and oxygen atoms in total. The molecule has 18 heavy (non-hydrogen) atoms. The number of hydrogen-bond acceptors (Lipinski definition) is 3. The lowest BCUT2D eigenvalue weighted by atomic mass is 10.2. The highest BCUT2D eigenvalue weighted by Crippen LogP contribution is 2.27. The standard InChI is InChI=1S/C14H16FN3/c15-13-4-1-2-5-14(13)18(11-3-8-16)12-6-9-17-10-7-12/h1-2,4-7,9-10H,3,8,11,16H2. The van der Waals surface area contributed by atoms with Crippen molar-refractivity contribution in [3.05, 3.63) is 54.6 Å². The van der Waals surface area contributed by atoms with Crippen LogP contribution in [0.1, 0.15) is 6.42 Å². The molecule has 0 saturated carbocycles. The molecule has 0 aliphatic rings. The third kappa shape index (κ3) is 2.84. The van der Waals surface area contributed by atoms with Crippen LogP contribution in [0.2, 0.25) is 0 Å². The molecule has 0 fully saturated rings. The summed E-state index contributed by atoms with van der Waals surface area (Å²) in [4.78, 5) is 5.90. The molecule has 0 aliphatic heterocycles. The summed E-state index contributed by atoms with van der Waals surface area (Å²) in [7, 11) is 0. The average Bonchev–Trinajstić information content (AvgIpc) is 2.42. The molecular weight excluding hydrogens is 229 g/mol. The number of rotatable bonds is 5. The number of benzene rings is 1. The van der Waals surface area contributed by atoms with E-state index in [0.717, 1.165) is 12.1 Å². The summed E-state index contributed by atoms with van der Waals surface area (Å²) in [6, 6.07) is 10.5. The highest BCUT2D eigenvalue weighted by atomic mass is 19.1. The minimum absolute atomic E-state index is 0.230. The van der Waals surface area contributed by atoms with Crippen LogP contribution in [0.4, 0.5) is 15.8 Å². The van der Waals surface area contributed by atoms with Crippen LogP contribution in [0.3, 0.4) is 0 Å². The van der Waals surface area contributed by atoms with E-state index in [1.807, 2.05) is 23.1 Å². The molecule has 1 aromatic heterocycles. The number of para-hydroxylation sites is 1. The van der Waals surface area contributed by atoms with Crippen LogP contribution in [0.25, 0.3) is 0 Å². The second-order valence-corrected chi connectivity index (χ2v) is 3.95. The first-order chi connectivity index (χ1) is 8.83. The van der Waals surface area contributed by atoms with Gasteiger partial charge >= 0.3 is 0 Å². The van der Waals surface area contributed by atoms with Crippen molar-refractivity contribution in [3.8, 4) is 0 Å². The first kappa shape index (κ1) is 12.5. The van der Waals surface area contributed by atoms with Gasteiger partial charge < -0.3 is 10.6 Å². The van der Waals surface area contributed by atoms with E-state index < -0.39 is 0 Å². The van der Waals surface area contributed by atoms with Crippen molar-refractivity contribution in [1.82, 2.24) is 4.98 Å². The zero-order valence-electron chi connectivity index (χ0n) is 10.1. The Morgan fingerprint density at radius 3 is 2.50 bits per heavy atom. The summed E-state index contributed by atoms with van der Waals surface area (Å²) in [5.74, 6) is -0.230. The third-order valence-corrected chi connectivity index (χ3v) is 2.70. The topological polar surface area (TPSA) is 42.1 Å². The SMILES string of the molecule is NCCCN(c1ccncc1)c1ccccc1F. The van der Waals surface area contributed by atoms with E-state index in [1.54, 1.807) is 24.5 Å². The molecular formula is C14H16FN3. The molecule has 2 N–H and O–H groups in total. The summed E-state index contributed by atoms with van der Waals surface area (Å²) >= 11 is 0. The maximum Gasteiger partial charge on any atom is 0.146 e. The molecule has 1 aromatic carbocycles. The molecule has 2 aromatic rings. The van der Waals surface area contributed by atoms with E-state index in [-0.39, 0.29) is 5.82 Å². The van der Waals surface area contributed by atoms with Crippen LogP contribution in [0.5, 0.6) is 0 Å². The first-order valence-electron chi connectivity index (χ1n) is 5.95. The van der Waals surface area contributed by atoms with Crippen molar-refractivity contribution in [2.75, 3.05) is 18.0 Å². The Hall–Kier alpha value is -1.94. The smallest absolute Gasteiger partial charge is 0.146 e. The molecule has 0 atom stereocenters. The highest BCUT2D eigenvalue weighted by Gasteiger charge is 2.12. The maximum absolute atomic E-state index is 13.9. The normalized spacial score (nSPS) is 10.3. The zero-order valence-corrected chi connectivity index (χ0v) is 10.1. The number of pyridine rings is 1. The predicted molar refractivity (Wildman–Crippen MR) is 71.3 cm³/mol. The van der Waals surface area contributed by atoms with Crippen LogP contribution in [0.15, 0.2) is 48.8 Å². The van der Waals surface area contributed by atoms with Gasteiger partial charge in [0.15, 0.2) is 0 Å². The summed E-state index contributed by atoms with van der Waals surface area (Å²) in [5, 5.41) is 0. The highest BCUT2D eigenvalue weighted by molar-refractivity contribution is 5.63. The van der Waals surface area contributed by atoms with Gasteiger partial charge in [0.25, 0.3) is 0 Å². The lowest BCUT2D eigenvalue weighted by Crippen LogP contribution is -2.21. The second kappa shape index (κ2) is 6.12. The van der Waals surface area contributed by atoms with Gasteiger partial charge in [-0.05, 0) is 37.2 Å². The number of anilines is 2. The lowest BCUT2D eigenvalue weighted by molar-refractivity contribution is 0.623. The quantitative estimate of drug-likeness (QED) is 0.880. The number of nitrogens with zero attached hydrogens (tertiary/aromatic N) is 2. The molecule has 0 bridgehead atoms. The molecule has 1 heterocycles. The average molecular weight is 245 g/mol. The first-order valence-corrected chi connectivity index (χ1v) is 5.95. The molecule has 0 unspecified atom stereocenters. The molecule has 0 saturated heterocycles. The van der Waals surface area contributed by atoms with Crippen LogP contribution < -0.4 is 10.6 Å². The van der Waals surface area contributed by atoms with Gasteiger partial charge in [0.1, 0.15) is 5.82 Å². The molecule has 0 spiro atoms. The number of halogens is 1. The van der Waals surface area contributed by atoms with Gasteiger partial charge in [-0.3, -0.25) is 4.98 Å². The Morgan fingerprint density at radius 2 is 1.83 bits per heavy atom. The minimum Gasteiger partial charge on any atom is -0.339 e. The number of aromatic nitrogens is 1. The van der Waals surface area contributed by atoms with Crippen LogP contribution in [-0.2, 0) is 0 Å². The Balaban J connectivity index is 2.34. The summed E-state index contributed by atoms with van der Waals surface area (Å²) in [6.45, 7) is 1.26. The minimum atomic E-state index is -0.230. The lowest BCUT2D eigenvalue weighted by Gasteiger charge is -2.25. The van der Waals surface area contributed by atoms with Crippen molar-refractivity contribution < 1.29 is 4.39 Å². The fourth-order valence-electron chi connectivity index (χ4n) is 1.83. The van der Waals surface area contributed by atoms with Gasteiger partial charge in [-0.1, -0.05) is 12.1 Å². The number of nitrogens with two attached hydrogens (primary N) is 1. The van der Waals surface area contributed by atoms with Crippen molar-refractivity contribution in [1.29, 1.82) is 0 Å². The van der Waals surface area contributed by atoms with Gasteiger partial charge in [0.2, 0.25) is 0 Å². The van der Waals surface area contributed by atoms with E-state index in [0.29, 0.717) is 18.8 Å².